The van der Waals surface area contributed by atoms with E-state index in [-0.39, 0.29) is 5.91 Å². The first-order valence-electron chi connectivity index (χ1n) is 10.8. The molecule has 0 unspecified atom stereocenters. The monoisotopic (exact) mass is 491 g/mol. The van der Waals surface area contributed by atoms with E-state index in [1.54, 1.807) is 42.7 Å². The number of hydrogen-bond acceptors (Lipinski definition) is 6. The number of thiazole rings is 1. The van der Waals surface area contributed by atoms with Crippen molar-refractivity contribution >= 4 is 23.2 Å². The molecule has 8 nitrogen and oxygen atoms in total. The molecule has 2 amide bonds. The molecule has 0 spiro atoms. The lowest BCUT2D eigenvalue weighted by Crippen LogP contribution is -2.25. The van der Waals surface area contributed by atoms with Crippen molar-refractivity contribution < 1.29 is 23.5 Å². The molecule has 0 atom stereocenters. The molecule has 4 rings (SSSR count). The van der Waals surface area contributed by atoms with Crippen LogP contribution in [-0.4, -0.2) is 30.6 Å². The van der Waals surface area contributed by atoms with E-state index in [2.05, 4.69) is 10.3 Å². The van der Waals surface area contributed by atoms with Gasteiger partial charge < -0.3 is 23.8 Å². The summed E-state index contributed by atoms with van der Waals surface area (Å²) in [6, 6.07) is 15.9. The van der Waals surface area contributed by atoms with Gasteiger partial charge in [-0.25, -0.2) is 0 Å². The third kappa shape index (κ3) is 5.52. The summed E-state index contributed by atoms with van der Waals surface area (Å²) in [6.45, 7) is 2.62. The van der Waals surface area contributed by atoms with Crippen molar-refractivity contribution in [3.63, 3.8) is 0 Å². The highest BCUT2D eigenvalue weighted by molar-refractivity contribution is 7.07. The van der Waals surface area contributed by atoms with E-state index >= 15 is 0 Å². The Bertz CT molecular complexity index is 1400. The van der Waals surface area contributed by atoms with Crippen molar-refractivity contribution in [3.8, 4) is 11.5 Å². The summed E-state index contributed by atoms with van der Waals surface area (Å²) >= 11 is 1.37. The largest absolute Gasteiger partial charge is 0.493 e. The molecular formula is C26H25N3O5S. The van der Waals surface area contributed by atoms with Gasteiger partial charge in [-0.1, -0.05) is 18.2 Å². The van der Waals surface area contributed by atoms with Crippen molar-refractivity contribution in [3.05, 3.63) is 99.2 Å². The van der Waals surface area contributed by atoms with Gasteiger partial charge in [0, 0.05) is 22.2 Å². The number of hydrogen-bond donors (Lipinski definition) is 1. The number of rotatable bonds is 8. The second-order valence-corrected chi connectivity index (χ2v) is 8.49. The summed E-state index contributed by atoms with van der Waals surface area (Å²) in [5.41, 5.74) is 2.68. The van der Waals surface area contributed by atoms with Gasteiger partial charge in [0.2, 0.25) is 0 Å². The third-order valence-electron chi connectivity index (χ3n) is 5.41. The molecule has 2 aromatic heterocycles. The Balaban J connectivity index is 1.60. The Morgan fingerprint density at radius 2 is 1.86 bits per heavy atom. The highest BCUT2D eigenvalue weighted by Gasteiger charge is 2.15. The zero-order chi connectivity index (χ0) is 24.8. The lowest BCUT2D eigenvalue weighted by Gasteiger charge is -2.12. The minimum atomic E-state index is -0.397. The summed E-state index contributed by atoms with van der Waals surface area (Å²) < 4.78 is 17.7. The van der Waals surface area contributed by atoms with Gasteiger partial charge in [0.15, 0.2) is 16.3 Å². The molecule has 9 heteroatoms. The lowest BCUT2D eigenvalue weighted by atomic mass is 10.1. The molecular weight excluding hydrogens is 466 g/mol. The number of nitrogens with zero attached hydrogens (tertiary/aromatic N) is 2. The van der Waals surface area contributed by atoms with Crippen LogP contribution in [-0.2, 0) is 13.1 Å². The smallest absolute Gasteiger partial charge is 0.279 e. The lowest BCUT2D eigenvalue weighted by molar-refractivity contribution is 0.0945. The molecule has 0 saturated carbocycles. The average molecular weight is 492 g/mol. The number of carbonyl (C=O) groups is 2. The standard InChI is InChI=1S/C26H25N3O5S/c1-17-16-35-26(28-24(30)18-10-11-22(32-2)23(13-18)33-3)29(17)15-19-7-4-5-9-21(19)25(31)27-14-20-8-6-12-34-20/h4-13,16H,14-15H2,1-3H3,(H,27,31). The zero-order valence-corrected chi connectivity index (χ0v) is 20.4. The molecule has 0 fully saturated rings. The van der Waals surface area contributed by atoms with Crippen LogP contribution in [0.5, 0.6) is 11.5 Å². The zero-order valence-electron chi connectivity index (χ0n) is 19.6. The van der Waals surface area contributed by atoms with Gasteiger partial charge in [0.05, 0.1) is 33.6 Å². The molecule has 2 aromatic carbocycles. The van der Waals surface area contributed by atoms with Crippen LogP contribution in [0, 0.1) is 6.92 Å². The van der Waals surface area contributed by atoms with Crippen LogP contribution >= 0.6 is 11.3 Å². The summed E-state index contributed by atoms with van der Waals surface area (Å²) in [5.74, 6) is 1.07. The Morgan fingerprint density at radius 3 is 2.60 bits per heavy atom. The Labute approximate surface area is 206 Å². The van der Waals surface area contributed by atoms with Gasteiger partial charge in [0.1, 0.15) is 5.76 Å². The van der Waals surface area contributed by atoms with Gasteiger partial charge in [-0.15, -0.1) is 11.3 Å². The minimum Gasteiger partial charge on any atom is -0.493 e. The summed E-state index contributed by atoms with van der Waals surface area (Å²) in [7, 11) is 3.05. The fraction of sp³-hybridized carbons (Fsp3) is 0.192. The molecule has 2 heterocycles. The Hall–Kier alpha value is -4.11. The maximum atomic E-state index is 12.9. The van der Waals surface area contributed by atoms with E-state index in [1.165, 1.54) is 25.6 Å². The van der Waals surface area contributed by atoms with E-state index in [4.69, 9.17) is 13.9 Å². The second-order valence-electron chi connectivity index (χ2n) is 7.65. The summed E-state index contributed by atoms with van der Waals surface area (Å²) in [5, 5.41) is 4.82. The van der Waals surface area contributed by atoms with Crippen molar-refractivity contribution in [2.75, 3.05) is 14.2 Å². The van der Waals surface area contributed by atoms with Gasteiger partial charge in [0.25, 0.3) is 11.8 Å². The number of carbonyl (C=O) groups excluding carboxylic acids is 2. The van der Waals surface area contributed by atoms with E-state index in [0.717, 1.165) is 11.3 Å². The topological polar surface area (TPSA) is 95.1 Å². The number of methoxy groups -OCH3 is 2. The first-order chi connectivity index (χ1) is 17.0. The predicted molar refractivity (Wildman–Crippen MR) is 132 cm³/mol. The molecule has 0 bridgehead atoms. The highest BCUT2D eigenvalue weighted by atomic mass is 32.1. The second kappa shape index (κ2) is 10.9. The fourth-order valence-corrected chi connectivity index (χ4v) is 4.42. The highest BCUT2D eigenvalue weighted by Crippen LogP contribution is 2.27. The van der Waals surface area contributed by atoms with Gasteiger partial charge >= 0.3 is 0 Å². The van der Waals surface area contributed by atoms with Crippen LogP contribution < -0.4 is 19.6 Å². The first kappa shape index (κ1) is 24.0. The number of nitrogens with one attached hydrogen (secondary N) is 1. The molecule has 4 aromatic rings. The SMILES string of the molecule is COc1ccc(C(=O)N=c2scc(C)n2Cc2ccccc2C(=O)NCc2ccco2)cc1OC. The molecule has 0 aliphatic heterocycles. The van der Waals surface area contributed by atoms with Crippen LogP contribution in [0.2, 0.25) is 0 Å². The Kier molecular flexibility index (Phi) is 7.47. The quantitative estimate of drug-likeness (QED) is 0.399. The van der Waals surface area contributed by atoms with E-state index in [9.17, 15) is 9.59 Å². The van der Waals surface area contributed by atoms with Crippen LogP contribution in [0.1, 0.15) is 37.7 Å². The van der Waals surface area contributed by atoms with Crippen LogP contribution in [0.4, 0.5) is 0 Å². The van der Waals surface area contributed by atoms with Crippen LogP contribution in [0.25, 0.3) is 0 Å². The van der Waals surface area contributed by atoms with E-state index in [0.29, 0.717) is 46.3 Å². The molecule has 0 radical (unpaired) electrons. The number of benzene rings is 2. The number of aromatic nitrogens is 1. The van der Waals surface area contributed by atoms with Crippen molar-refractivity contribution in [1.29, 1.82) is 0 Å². The molecule has 0 saturated heterocycles. The normalized spacial score (nSPS) is 11.3. The fourth-order valence-electron chi connectivity index (χ4n) is 3.54. The molecule has 35 heavy (non-hydrogen) atoms. The van der Waals surface area contributed by atoms with Gasteiger partial charge in [-0.3, -0.25) is 9.59 Å². The predicted octanol–water partition coefficient (Wildman–Crippen LogP) is 4.19. The van der Waals surface area contributed by atoms with Crippen LogP contribution in [0.15, 0.2) is 75.7 Å². The third-order valence-corrected chi connectivity index (χ3v) is 6.39. The molecule has 1 N–H and O–H groups in total. The van der Waals surface area contributed by atoms with Crippen molar-refractivity contribution in [1.82, 2.24) is 9.88 Å². The minimum absolute atomic E-state index is 0.203. The van der Waals surface area contributed by atoms with Crippen molar-refractivity contribution in [2.24, 2.45) is 4.99 Å². The molecule has 0 aliphatic carbocycles. The summed E-state index contributed by atoms with van der Waals surface area (Å²) in [6.07, 6.45) is 1.57. The first-order valence-corrected chi connectivity index (χ1v) is 11.7. The van der Waals surface area contributed by atoms with E-state index in [1.807, 2.05) is 35.1 Å². The molecule has 0 aliphatic rings. The number of furan rings is 1. The van der Waals surface area contributed by atoms with Crippen molar-refractivity contribution in [2.45, 2.75) is 20.0 Å². The number of aryl methyl sites for hydroxylation is 1. The number of amides is 2. The van der Waals surface area contributed by atoms with E-state index < -0.39 is 5.91 Å². The average Bonchev–Trinajstić information content (AvgIpc) is 3.53. The van der Waals surface area contributed by atoms with Gasteiger partial charge in [-0.05, 0) is 48.9 Å². The number of ether oxygens (including phenoxy) is 2. The Morgan fingerprint density at radius 1 is 1.06 bits per heavy atom. The maximum Gasteiger partial charge on any atom is 0.279 e. The van der Waals surface area contributed by atoms with Gasteiger partial charge in [-0.2, -0.15) is 4.99 Å². The molecule has 180 valence electrons. The maximum absolute atomic E-state index is 12.9. The summed E-state index contributed by atoms with van der Waals surface area (Å²) in [4.78, 5) is 30.7. The van der Waals surface area contributed by atoms with Crippen LogP contribution in [0.3, 0.4) is 0 Å².